The molecule has 0 spiro atoms. The van der Waals surface area contributed by atoms with Gasteiger partial charge in [-0.3, -0.25) is 4.79 Å². The van der Waals surface area contributed by atoms with Gasteiger partial charge in [-0.25, -0.2) is 17.1 Å². The first kappa shape index (κ1) is 18.9. The second-order valence-electron chi connectivity index (χ2n) is 5.70. The van der Waals surface area contributed by atoms with E-state index in [9.17, 15) is 17.6 Å². The fourth-order valence-corrected chi connectivity index (χ4v) is 3.04. The summed E-state index contributed by atoms with van der Waals surface area (Å²) in [5.74, 6) is -0.855. The molecule has 8 heteroatoms. The van der Waals surface area contributed by atoms with E-state index in [-0.39, 0.29) is 17.1 Å². The third-order valence-electron chi connectivity index (χ3n) is 3.46. The Morgan fingerprint density at radius 2 is 1.88 bits per heavy atom. The Labute approximate surface area is 146 Å². The van der Waals surface area contributed by atoms with Crippen LogP contribution in [0.25, 0.3) is 0 Å². The number of rotatable bonds is 6. The maximum absolute atomic E-state index is 13.7. The molecule has 2 N–H and O–H groups in total. The first-order chi connectivity index (χ1) is 11.7. The predicted molar refractivity (Wildman–Crippen MR) is 95.6 cm³/mol. The molecule has 2 aromatic rings. The van der Waals surface area contributed by atoms with Crippen LogP contribution in [0.5, 0.6) is 0 Å². The Balaban J connectivity index is 2.03. The highest BCUT2D eigenvalue weighted by molar-refractivity contribution is 7.89. The van der Waals surface area contributed by atoms with E-state index in [0.717, 1.165) is 9.87 Å². The van der Waals surface area contributed by atoms with Crippen LogP contribution in [0.3, 0.4) is 0 Å². The number of nitrogens with one attached hydrogen (secondary N) is 2. The topological polar surface area (TPSA) is 78.5 Å². The summed E-state index contributed by atoms with van der Waals surface area (Å²) in [6, 6.07) is 10.6. The summed E-state index contributed by atoms with van der Waals surface area (Å²) in [4.78, 5) is 12.1. The molecule has 0 unspecified atom stereocenters. The molecule has 0 saturated heterocycles. The summed E-state index contributed by atoms with van der Waals surface area (Å²) in [5, 5.41) is 5.30. The van der Waals surface area contributed by atoms with Gasteiger partial charge in [0.25, 0.3) is 0 Å². The number of anilines is 2. The lowest BCUT2D eigenvalue weighted by Gasteiger charge is -2.13. The molecular weight excluding hydrogens is 345 g/mol. The summed E-state index contributed by atoms with van der Waals surface area (Å²) >= 11 is 0. The number of hydrogen-bond donors (Lipinski definition) is 2. The fraction of sp³-hybridized carbons (Fsp3) is 0.235. The van der Waals surface area contributed by atoms with Gasteiger partial charge in [-0.15, -0.1) is 0 Å². The van der Waals surface area contributed by atoms with Crippen LogP contribution < -0.4 is 10.6 Å². The largest absolute Gasteiger partial charge is 0.374 e. The van der Waals surface area contributed by atoms with Crippen molar-refractivity contribution in [3.63, 3.8) is 0 Å². The molecule has 0 aromatic heterocycles. The number of benzene rings is 2. The second kappa shape index (κ2) is 7.62. The molecule has 0 bridgehead atoms. The molecule has 1 amide bonds. The number of carbonyl (C=O) groups is 1. The quantitative estimate of drug-likeness (QED) is 0.824. The zero-order valence-electron chi connectivity index (χ0n) is 14.2. The molecule has 0 radical (unpaired) electrons. The van der Waals surface area contributed by atoms with Crippen LogP contribution >= 0.6 is 0 Å². The highest BCUT2D eigenvalue weighted by Gasteiger charge is 2.17. The Morgan fingerprint density at radius 1 is 1.16 bits per heavy atom. The van der Waals surface area contributed by atoms with Gasteiger partial charge in [0.05, 0.1) is 17.1 Å². The number of carbonyl (C=O) groups excluding carboxylic acids is 1. The maximum Gasteiger partial charge on any atom is 0.243 e. The van der Waals surface area contributed by atoms with Crippen molar-refractivity contribution in [2.24, 2.45) is 0 Å². The van der Waals surface area contributed by atoms with Crippen LogP contribution in [-0.4, -0.2) is 39.3 Å². The smallest absolute Gasteiger partial charge is 0.243 e. The van der Waals surface area contributed by atoms with Crippen LogP contribution in [0.15, 0.2) is 47.4 Å². The van der Waals surface area contributed by atoms with Crippen molar-refractivity contribution in [3.05, 3.63) is 53.8 Å². The number of halogens is 1. The number of amides is 1. The third kappa shape index (κ3) is 4.77. The molecule has 0 saturated carbocycles. The van der Waals surface area contributed by atoms with Crippen molar-refractivity contribution >= 4 is 27.3 Å². The highest BCUT2D eigenvalue weighted by atomic mass is 32.2. The van der Waals surface area contributed by atoms with Crippen molar-refractivity contribution in [2.75, 3.05) is 31.3 Å². The molecule has 0 aliphatic carbocycles. The number of nitrogens with zero attached hydrogens (tertiary/aromatic N) is 1. The molecule has 0 aliphatic rings. The van der Waals surface area contributed by atoms with Crippen LogP contribution in [-0.2, 0) is 14.8 Å². The van der Waals surface area contributed by atoms with Crippen molar-refractivity contribution in [2.45, 2.75) is 11.8 Å². The monoisotopic (exact) mass is 365 g/mol. The number of hydrogen-bond acceptors (Lipinski definition) is 4. The van der Waals surface area contributed by atoms with E-state index in [2.05, 4.69) is 10.6 Å². The van der Waals surface area contributed by atoms with Gasteiger partial charge >= 0.3 is 0 Å². The number of sulfonamides is 1. The zero-order chi connectivity index (χ0) is 18.6. The Hall–Kier alpha value is -2.45. The molecule has 0 atom stereocenters. The average molecular weight is 365 g/mol. The van der Waals surface area contributed by atoms with Crippen molar-refractivity contribution in [3.8, 4) is 0 Å². The van der Waals surface area contributed by atoms with Crippen LogP contribution in [0.2, 0.25) is 0 Å². The summed E-state index contributed by atoms with van der Waals surface area (Å²) in [6.07, 6.45) is 0. The van der Waals surface area contributed by atoms with Crippen molar-refractivity contribution < 1.29 is 17.6 Å². The molecule has 0 fully saturated rings. The van der Waals surface area contributed by atoms with Gasteiger partial charge in [0, 0.05) is 19.8 Å². The average Bonchev–Trinajstić information content (AvgIpc) is 2.54. The molecule has 0 aliphatic heterocycles. The Bertz CT molecular complexity index is 882. The van der Waals surface area contributed by atoms with Gasteiger partial charge in [0.2, 0.25) is 15.9 Å². The second-order valence-corrected chi connectivity index (χ2v) is 7.85. The molecular formula is C17H20FN3O3S. The zero-order valence-corrected chi connectivity index (χ0v) is 15.0. The lowest BCUT2D eigenvalue weighted by molar-refractivity contribution is -0.114. The minimum atomic E-state index is -3.58. The molecule has 0 heterocycles. The van der Waals surface area contributed by atoms with E-state index in [4.69, 9.17) is 0 Å². The lowest BCUT2D eigenvalue weighted by atomic mass is 10.2. The normalized spacial score (nSPS) is 11.4. The van der Waals surface area contributed by atoms with Gasteiger partial charge in [-0.2, -0.15) is 0 Å². The maximum atomic E-state index is 13.7. The van der Waals surface area contributed by atoms with Gasteiger partial charge in [0.1, 0.15) is 5.82 Å². The summed E-state index contributed by atoms with van der Waals surface area (Å²) < 4.78 is 39.0. The summed E-state index contributed by atoms with van der Waals surface area (Å²) in [6.45, 7) is 1.62. The number of aryl methyl sites for hydroxylation is 1. The first-order valence-electron chi connectivity index (χ1n) is 7.52. The van der Waals surface area contributed by atoms with Gasteiger partial charge in [-0.1, -0.05) is 12.1 Å². The van der Waals surface area contributed by atoms with Crippen LogP contribution in [0.4, 0.5) is 15.8 Å². The fourth-order valence-electron chi connectivity index (χ4n) is 2.09. The molecule has 2 aromatic carbocycles. The van der Waals surface area contributed by atoms with E-state index < -0.39 is 21.7 Å². The van der Waals surface area contributed by atoms with E-state index in [1.54, 1.807) is 31.2 Å². The van der Waals surface area contributed by atoms with Crippen molar-refractivity contribution in [1.29, 1.82) is 0 Å². The molecule has 134 valence electrons. The standard InChI is InChI=1S/C17H20FN3O3S/c1-12-7-8-16(15(18)9-12)19-11-17(22)20-13-5-4-6-14(10-13)25(23,24)21(2)3/h4-10,19H,11H2,1-3H3,(H,20,22). The lowest BCUT2D eigenvalue weighted by Crippen LogP contribution is -2.24. The van der Waals surface area contributed by atoms with E-state index in [1.165, 1.54) is 32.3 Å². The SMILES string of the molecule is Cc1ccc(NCC(=O)Nc2cccc(S(=O)(=O)N(C)C)c2)c(F)c1. The Kier molecular flexibility index (Phi) is 5.76. The van der Waals surface area contributed by atoms with Crippen molar-refractivity contribution in [1.82, 2.24) is 4.31 Å². The van der Waals surface area contributed by atoms with Crippen LogP contribution in [0, 0.1) is 12.7 Å². The first-order valence-corrected chi connectivity index (χ1v) is 8.96. The van der Waals surface area contributed by atoms with E-state index in [1.807, 2.05) is 0 Å². The highest BCUT2D eigenvalue weighted by Crippen LogP contribution is 2.18. The van der Waals surface area contributed by atoms with E-state index in [0.29, 0.717) is 5.69 Å². The van der Waals surface area contributed by atoms with Gasteiger partial charge in [-0.05, 0) is 42.8 Å². The third-order valence-corrected chi connectivity index (χ3v) is 5.27. The van der Waals surface area contributed by atoms with Gasteiger partial charge in [0.15, 0.2) is 0 Å². The molecule has 6 nitrogen and oxygen atoms in total. The summed E-state index contributed by atoms with van der Waals surface area (Å²) in [5.41, 5.74) is 1.36. The van der Waals surface area contributed by atoms with Crippen LogP contribution in [0.1, 0.15) is 5.56 Å². The molecule has 25 heavy (non-hydrogen) atoms. The van der Waals surface area contributed by atoms with E-state index >= 15 is 0 Å². The minimum absolute atomic E-state index is 0.0767. The van der Waals surface area contributed by atoms with Gasteiger partial charge < -0.3 is 10.6 Å². The Morgan fingerprint density at radius 3 is 2.52 bits per heavy atom. The summed E-state index contributed by atoms with van der Waals surface area (Å²) in [7, 11) is -0.721. The predicted octanol–water partition coefficient (Wildman–Crippen LogP) is 2.44. The molecule has 2 rings (SSSR count). The minimum Gasteiger partial charge on any atom is -0.374 e.